The lowest BCUT2D eigenvalue weighted by Gasteiger charge is -2.10. The molecule has 0 aliphatic carbocycles. The molecular formula is C19H16ClN3O3. The molecule has 0 radical (unpaired) electrons. The van der Waals surface area contributed by atoms with E-state index in [4.69, 9.17) is 16.3 Å². The number of pyridine rings is 1. The summed E-state index contributed by atoms with van der Waals surface area (Å²) in [6.07, 6.45) is 3.49. The standard InChI is InChI=1S/C19H16ClN3O3/c20-18-10-16(23(24)25)5-8-19(18)22-12-14-3-6-17(7-4-14)26-13-15-2-1-9-21-11-15/h1-11,22H,12-13H2. The number of benzene rings is 2. The molecule has 0 saturated heterocycles. The first-order valence-electron chi connectivity index (χ1n) is 7.90. The summed E-state index contributed by atoms with van der Waals surface area (Å²) in [6.45, 7) is 1.00. The minimum Gasteiger partial charge on any atom is -0.489 e. The molecule has 0 fully saturated rings. The summed E-state index contributed by atoms with van der Waals surface area (Å²) < 4.78 is 5.72. The molecule has 3 rings (SSSR count). The van der Waals surface area contributed by atoms with E-state index in [9.17, 15) is 10.1 Å². The highest BCUT2D eigenvalue weighted by Crippen LogP contribution is 2.27. The lowest BCUT2D eigenvalue weighted by molar-refractivity contribution is -0.384. The van der Waals surface area contributed by atoms with Gasteiger partial charge in [-0.25, -0.2) is 0 Å². The number of nitro benzene ring substituents is 1. The van der Waals surface area contributed by atoms with Crippen molar-refractivity contribution in [3.63, 3.8) is 0 Å². The summed E-state index contributed by atoms with van der Waals surface area (Å²) in [4.78, 5) is 14.3. The molecule has 2 aromatic carbocycles. The quantitative estimate of drug-likeness (QED) is 0.476. The van der Waals surface area contributed by atoms with Crippen molar-refractivity contribution in [1.82, 2.24) is 4.98 Å². The largest absolute Gasteiger partial charge is 0.489 e. The zero-order valence-electron chi connectivity index (χ0n) is 13.8. The first kappa shape index (κ1) is 17.7. The topological polar surface area (TPSA) is 77.3 Å². The number of hydrogen-bond donors (Lipinski definition) is 1. The van der Waals surface area contributed by atoms with Crippen LogP contribution < -0.4 is 10.1 Å². The first-order chi connectivity index (χ1) is 12.6. The molecular weight excluding hydrogens is 354 g/mol. The van der Waals surface area contributed by atoms with Crippen molar-refractivity contribution in [2.75, 3.05) is 5.32 Å². The van der Waals surface area contributed by atoms with E-state index in [1.54, 1.807) is 18.5 Å². The summed E-state index contributed by atoms with van der Waals surface area (Å²) in [7, 11) is 0. The summed E-state index contributed by atoms with van der Waals surface area (Å²) in [5, 5.41) is 14.2. The Balaban J connectivity index is 1.55. The Hall–Kier alpha value is -3.12. The van der Waals surface area contributed by atoms with Crippen molar-refractivity contribution < 1.29 is 9.66 Å². The Bertz CT molecular complexity index is 886. The molecule has 0 saturated carbocycles. The van der Waals surface area contributed by atoms with Crippen LogP contribution >= 0.6 is 11.6 Å². The zero-order valence-corrected chi connectivity index (χ0v) is 14.5. The second-order valence-electron chi connectivity index (χ2n) is 5.57. The molecule has 1 heterocycles. The number of non-ortho nitro benzene ring substituents is 1. The van der Waals surface area contributed by atoms with Crippen LogP contribution in [0, 0.1) is 10.1 Å². The molecule has 132 valence electrons. The zero-order chi connectivity index (χ0) is 18.4. The average Bonchev–Trinajstić information content (AvgIpc) is 2.67. The summed E-state index contributed by atoms with van der Waals surface area (Å²) in [5.41, 5.74) is 2.66. The fraction of sp³-hybridized carbons (Fsp3) is 0.105. The maximum absolute atomic E-state index is 10.7. The summed E-state index contributed by atoms with van der Waals surface area (Å²) in [6, 6.07) is 15.9. The van der Waals surface area contributed by atoms with Crippen LogP contribution in [0.2, 0.25) is 5.02 Å². The molecule has 0 aliphatic rings. The second kappa shape index (κ2) is 8.31. The van der Waals surface area contributed by atoms with Crippen molar-refractivity contribution in [1.29, 1.82) is 0 Å². The highest BCUT2D eigenvalue weighted by atomic mass is 35.5. The van der Waals surface area contributed by atoms with Gasteiger partial charge in [0.25, 0.3) is 5.69 Å². The van der Waals surface area contributed by atoms with Gasteiger partial charge < -0.3 is 10.1 Å². The maximum atomic E-state index is 10.7. The van der Waals surface area contributed by atoms with E-state index in [0.29, 0.717) is 23.9 Å². The smallest absolute Gasteiger partial charge is 0.271 e. The number of aromatic nitrogens is 1. The van der Waals surface area contributed by atoms with Gasteiger partial charge in [-0.15, -0.1) is 0 Å². The molecule has 0 unspecified atom stereocenters. The number of nitrogens with one attached hydrogen (secondary N) is 1. The number of nitro groups is 1. The Morgan fingerprint density at radius 2 is 1.92 bits per heavy atom. The van der Waals surface area contributed by atoms with Crippen LogP contribution in [0.4, 0.5) is 11.4 Å². The van der Waals surface area contributed by atoms with Crippen molar-refractivity contribution in [2.24, 2.45) is 0 Å². The number of halogens is 1. The normalized spacial score (nSPS) is 10.3. The molecule has 0 amide bonds. The van der Waals surface area contributed by atoms with E-state index in [1.165, 1.54) is 12.1 Å². The Labute approximate surface area is 155 Å². The van der Waals surface area contributed by atoms with Gasteiger partial charge in [0.1, 0.15) is 12.4 Å². The highest BCUT2D eigenvalue weighted by molar-refractivity contribution is 6.33. The molecule has 7 heteroatoms. The third-order valence-corrected chi connectivity index (χ3v) is 4.01. The second-order valence-corrected chi connectivity index (χ2v) is 5.98. The molecule has 1 N–H and O–H groups in total. The Kier molecular flexibility index (Phi) is 5.66. The Morgan fingerprint density at radius 3 is 2.58 bits per heavy atom. The van der Waals surface area contributed by atoms with Crippen LogP contribution in [0.15, 0.2) is 67.0 Å². The van der Waals surface area contributed by atoms with Crippen molar-refractivity contribution in [2.45, 2.75) is 13.2 Å². The van der Waals surface area contributed by atoms with E-state index in [0.717, 1.165) is 16.9 Å². The molecule has 3 aromatic rings. The number of rotatable bonds is 7. The minimum absolute atomic E-state index is 0.0318. The van der Waals surface area contributed by atoms with Crippen LogP contribution in [0.5, 0.6) is 5.75 Å². The van der Waals surface area contributed by atoms with Crippen molar-refractivity contribution >= 4 is 23.0 Å². The van der Waals surface area contributed by atoms with Gasteiger partial charge in [-0.05, 0) is 29.8 Å². The molecule has 1 aromatic heterocycles. The first-order valence-corrected chi connectivity index (χ1v) is 8.28. The molecule has 0 aliphatic heterocycles. The van der Waals surface area contributed by atoms with E-state index in [-0.39, 0.29) is 5.69 Å². The van der Waals surface area contributed by atoms with Gasteiger partial charge in [-0.3, -0.25) is 15.1 Å². The fourth-order valence-electron chi connectivity index (χ4n) is 2.31. The van der Waals surface area contributed by atoms with Gasteiger partial charge in [0, 0.05) is 36.6 Å². The number of ether oxygens (including phenoxy) is 1. The van der Waals surface area contributed by atoms with E-state index < -0.39 is 4.92 Å². The predicted octanol–water partition coefficient (Wildman–Crippen LogP) is 4.83. The lowest BCUT2D eigenvalue weighted by atomic mass is 10.2. The minimum atomic E-state index is -0.472. The van der Waals surface area contributed by atoms with Crippen LogP contribution in [0.3, 0.4) is 0 Å². The molecule has 6 nitrogen and oxygen atoms in total. The summed E-state index contributed by atoms with van der Waals surface area (Å²) in [5.74, 6) is 0.769. The third-order valence-electron chi connectivity index (χ3n) is 3.70. The van der Waals surface area contributed by atoms with Gasteiger partial charge in [0.15, 0.2) is 0 Å². The molecule has 0 bridgehead atoms. The van der Waals surface area contributed by atoms with Gasteiger partial charge in [-0.2, -0.15) is 0 Å². The fourth-order valence-corrected chi connectivity index (χ4v) is 2.55. The van der Waals surface area contributed by atoms with Gasteiger partial charge >= 0.3 is 0 Å². The van der Waals surface area contributed by atoms with Crippen LogP contribution in [0.1, 0.15) is 11.1 Å². The maximum Gasteiger partial charge on any atom is 0.271 e. The number of anilines is 1. The number of nitrogens with zero attached hydrogens (tertiary/aromatic N) is 2. The summed E-state index contributed by atoms with van der Waals surface area (Å²) >= 11 is 6.07. The third kappa shape index (κ3) is 4.70. The lowest BCUT2D eigenvalue weighted by Crippen LogP contribution is -2.01. The van der Waals surface area contributed by atoms with Gasteiger partial charge in [0.2, 0.25) is 0 Å². The van der Waals surface area contributed by atoms with Crippen LogP contribution in [-0.2, 0) is 13.2 Å². The van der Waals surface area contributed by atoms with Gasteiger partial charge in [-0.1, -0.05) is 29.8 Å². The molecule has 0 spiro atoms. The van der Waals surface area contributed by atoms with E-state index >= 15 is 0 Å². The molecule has 26 heavy (non-hydrogen) atoms. The Morgan fingerprint density at radius 1 is 1.12 bits per heavy atom. The van der Waals surface area contributed by atoms with Crippen molar-refractivity contribution in [3.05, 3.63) is 93.3 Å². The average molecular weight is 370 g/mol. The molecule has 0 atom stereocenters. The van der Waals surface area contributed by atoms with Gasteiger partial charge in [0.05, 0.1) is 15.6 Å². The highest BCUT2D eigenvalue weighted by Gasteiger charge is 2.09. The van der Waals surface area contributed by atoms with E-state index in [2.05, 4.69) is 10.3 Å². The van der Waals surface area contributed by atoms with E-state index in [1.807, 2.05) is 36.4 Å². The SMILES string of the molecule is O=[N+]([O-])c1ccc(NCc2ccc(OCc3cccnc3)cc2)c(Cl)c1. The monoisotopic (exact) mass is 369 g/mol. The van der Waals surface area contributed by atoms with Crippen molar-refractivity contribution in [3.8, 4) is 5.75 Å². The predicted molar refractivity (Wildman–Crippen MR) is 100 cm³/mol. The van der Waals surface area contributed by atoms with Crippen LogP contribution in [0.25, 0.3) is 0 Å². The number of hydrogen-bond acceptors (Lipinski definition) is 5. The van der Waals surface area contributed by atoms with Crippen LogP contribution in [-0.4, -0.2) is 9.91 Å².